The minimum atomic E-state index is -0.844. The van der Waals surface area contributed by atoms with Crippen LogP contribution in [0.4, 0.5) is 4.39 Å². The van der Waals surface area contributed by atoms with Crippen LogP contribution >= 0.6 is 0 Å². The Morgan fingerprint density at radius 1 is 1.62 bits per heavy atom. The van der Waals surface area contributed by atoms with Gasteiger partial charge in [0.2, 0.25) is 0 Å². The van der Waals surface area contributed by atoms with Crippen molar-refractivity contribution in [2.24, 2.45) is 0 Å². The number of amides is 1. The molecular weight excluding hydrogens is 177 g/mol. The first-order valence-electron chi connectivity index (χ1n) is 3.47. The van der Waals surface area contributed by atoms with Gasteiger partial charge in [0.05, 0.1) is 7.11 Å². The standard InChI is InChI=1S/C8H8FNO3/c1-13-10-8(12)5-2-3-7(11)6(9)4-5/h2-4,11H,1H3,(H,10,12). The summed E-state index contributed by atoms with van der Waals surface area (Å²) in [5.74, 6) is -1.90. The second-order valence-electron chi connectivity index (χ2n) is 2.30. The Morgan fingerprint density at radius 2 is 2.31 bits per heavy atom. The smallest absolute Gasteiger partial charge is 0.274 e. The molecule has 0 saturated carbocycles. The maximum absolute atomic E-state index is 12.7. The monoisotopic (exact) mass is 185 g/mol. The Morgan fingerprint density at radius 3 is 2.85 bits per heavy atom. The Kier molecular flexibility index (Phi) is 2.81. The molecule has 0 heterocycles. The van der Waals surface area contributed by atoms with Gasteiger partial charge in [-0.25, -0.2) is 9.87 Å². The summed E-state index contributed by atoms with van der Waals surface area (Å²) in [6.07, 6.45) is 0. The number of rotatable bonds is 2. The van der Waals surface area contributed by atoms with Gasteiger partial charge in [-0.3, -0.25) is 9.63 Å². The Bertz CT molecular complexity index is 327. The summed E-state index contributed by atoms with van der Waals surface area (Å²) in [5.41, 5.74) is 2.10. The predicted molar refractivity (Wildman–Crippen MR) is 42.5 cm³/mol. The topological polar surface area (TPSA) is 58.6 Å². The largest absolute Gasteiger partial charge is 0.505 e. The van der Waals surface area contributed by atoms with Gasteiger partial charge in [0.25, 0.3) is 5.91 Å². The number of carbonyl (C=O) groups is 1. The van der Waals surface area contributed by atoms with Gasteiger partial charge in [-0.2, -0.15) is 0 Å². The van der Waals surface area contributed by atoms with Crippen molar-refractivity contribution in [2.45, 2.75) is 0 Å². The average molecular weight is 185 g/mol. The van der Waals surface area contributed by atoms with Gasteiger partial charge >= 0.3 is 0 Å². The highest BCUT2D eigenvalue weighted by molar-refractivity contribution is 5.93. The summed E-state index contributed by atoms with van der Waals surface area (Å²) in [6, 6.07) is 3.30. The van der Waals surface area contributed by atoms with E-state index in [-0.39, 0.29) is 5.56 Å². The fourth-order valence-corrected chi connectivity index (χ4v) is 0.800. The van der Waals surface area contributed by atoms with E-state index in [4.69, 9.17) is 5.11 Å². The van der Waals surface area contributed by atoms with Crippen LogP contribution in [-0.2, 0) is 4.84 Å². The van der Waals surface area contributed by atoms with Crippen molar-refractivity contribution in [3.63, 3.8) is 0 Å². The third-order valence-corrected chi connectivity index (χ3v) is 1.40. The molecule has 0 saturated heterocycles. The van der Waals surface area contributed by atoms with E-state index in [0.717, 1.165) is 12.1 Å². The first-order valence-corrected chi connectivity index (χ1v) is 3.47. The first kappa shape index (κ1) is 9.47. The summed E-state index contributed by atoms with van der Waals surface area (Å²) in [4.78, 5) is 15.4. The lowest BCUT2D eigenvalue weighted by atomic mass is 10.2. The lowest BCUT2D eigenvalue weighted by molar-refractivity contribution is 0.0537. The highest BCUT2D eigenvalue weighted by Gasteiger charge is 2.07. The van der Waals surface area contributed by atoms with E-state index < -0.39 is 17.5 Å². The van der Waals surface area contributed by atoms with Gasteiger partial charge in [-0.15, -0.1) is 0 Å². The highest BCUT2D eigenvalue weighted by Crippen LogP contribution is 2.15. The third-order valence-electron chi connectivity index (χ3n) is 1.40. The average Bonchev–Trinajstić information content (AvgIpc) is 2.10. The quantitative estimate of drug-likeness (QED) is 0.670. The van der Waals surface area contributed by atoms with E-state index in [1.54, 1.807) is 0 Å². The van der Waals surface area contributed by atoms with Crippen molar-refractivity contribution in [1.82, 2.24) is 5.48 Å². The second kappa shape index (κ2) is 3.86. The van der Waals surface area contributed by atoms with Gasteiger partial charge in [-0.1, -0.05) is 0 Å². The van der Waals surface area contributed by atoms with Crippen LogP contribution < -0.4 is 5.48 Å². The van der Waals surface area contributed by atoms with E-state index in [1.807, 2.05) is 5.48 Å². The molecule has 0 atom stereocenters. The molecular formula is C8H8FNO3. The molecule has 1 aromatic rings. The van der Waals surface area contributed by atoms with Crippen molar-refractivity contribution in [2.75, 3.05) is 7.11 Å². The lowest BCUT2D eigenvalue weighted by Gasteiger charge is -2.02. The normalized spacial score (nSPS) is 9.69. The minimum Gasteiger partial charge on any atom is -0.505 e. The first-order chi connectivity index (χ1) is 6.15. The molecule has 1 aromatic carbocycles. The summed E-state index contributed by atoms with van der Waals surface area (Å²) in [6.45, 7) is 0. The maximum Gasteiger partial charge on any atom is 0.274 e. The zero-order chi connectivity index (χ0) is 9.84. The molecule has 13 heavy (non-hydrogen) atoms. The molecule has 0 aliphatic heterocycles. The Balaban J connectivity index is 2.90. The second-order valence-corrected chi connectivity index (χ2v) is 2.30. The van der Waals surface area contributed by atoms with E-state index >= 15 is 0 Å². The van der Waals surface area contributed by atoms with Crippen molar-refractivity contribution in [3.05, 3.63) is 29.6 Å². The number of halogens is 1. The van der Waals surface area contributed by atoms with Crippen LogP contribution in [0.5, 0.6) is 5.75 Å². The predicted octanol–water partition coefficient (Wildman–Crippen LogP) is 0.823. The fraction of sp³-hybridized carbons (Fsp3) is 0.125. The summed E-state index contributed by atoms with van der Waals surface area (Å²) >= 11 is 0. The molecule has 0 unspecified atom stereocenters. The zero-order valence-electron chi connectivity index (χ0n) is 6.87. The van der Waals surface area contributed by atoms with Crippen LogP contribution in [0.1, 0.15) is 10.4 Å². The molecule has 0 radical (unpaired) electrons. The number of hydrogen-bond donors (Lipinski definition) is 2. The van der Waals surface area contributed by atoms with E-state index in [1.165, 1.54) is 13.2 Å². The van der Waals surface area contributed by atoms with Crippen molar-refractivity contribution in [3.8, 4) is 5.75 Å². The minimum absolute atomic E-state index is 0.0807. The van der Waals surface area contributed by atoms with Crippen LogP contribution in [-0.4, -0.2) is 18.1 Å². The van der Waals surface area contributed by atoms with Gasteiger partial charge in [-0.05, 0) is 18.2 Å². The van der Waals surface area contributed by atoms with Gasteiger partial charge in [0.1, 0.15) is 0 Å². The molecule has 1 rings (SSSR count). The number of carbonyl (C=O) groups excluding carboxylic acids is 1. The molecule has 5 heteroatoms. The molecule has 0 aliphatic carbocycles. The summed E-state index contributed by atoms with van der Waals surface area (Å²) < 4.78 is 12.7. The summed E-state index contributed by atoms with van der Waals surface area (Å²) in [7, 11) is 1.27. The number of hydroxylamine groups is 1. The maximum atomic E-state index is 12.7. The Labute approximate surface area is 73.9 Å². The molecule has 1 amide bonds. The van der Waals surface area contributed by atoms with Crippen molar-refractivity contribution < 1.29 is 19.1 Å². The van der Waals surface area contributed by atoms with Crippen LogP contribution in [0.3, 0.4) is 0 Å². The van der Waals surface area contributed by atoms with Crippen molar-refractivity contribution in [1.29, 1.82) is 0 Å². The van der Waals surface area contributed by atoms with Crippen molar-refractivity contribution >= 4 is 5.91 Å². The number of aromatic hydroxyl groups is 1. The van der Waals surface area contributed by atoms with Crippen LogP contribution in [0, 0.1) is 5.82 Å². The molecule has 0 aromatic heterocycles. The number of hydrogen-bond acceptors (Lipinski definition) is 3. The third kappa shape index (κ3) is 2.16. The zero-order valence-corrected chi connectivity index (χ0v) is 6.87. The molecule has 0 spiro atoms. The molecule has 2 N–H and O–H groups in total. The lowest BCUT2D eigenvalue weighted by Crippen LogP contribution is -2.21. The number of benzene rings is 1. The van der Waals surface area contributed by atoms with Gasteiger partial charge in [0.15, 0.2) is 11.6 Å². The van der Waals surface area contributed by atoms with Crippen LogP contribution in [0.25, 0.3) is 0 Å². The van der Waals surface area contributed by atoms with Gasteiger partial charge < -0.3 is 5.11 Å². The van der Waals surface area contributed by atoms with E-state index in [2.05, 4.69) is 4.84 Å². The molecule has 0 aliphatic rings. The molecule has 4 nitrogen and oxygen atoms in total. The SMILES string of the molecule is CONC(=O)c1ccc(O)c(F)c1. The highest BCUT2D eigenvalue weighted by atomic mass is 19.1. The van der Waals surface area contributed by atoms with E-state index in [9.17, 15) is 9.18 Å². The van der Waals surface area contributed by atoms with Gasteiger partial charge in [0, 0.05) is 5.56 Å². The molecule has 70 valence electrons. The van der Waals surface area contributed by atoms with E-state index in [0.29, 0.717) is 0 Å². The van der Waals surface area contributed by atoms with Crippen LogP contribution in [0.15, 0.2) is 18.2 Å². The Hall–Kier alpha value is -1.62. The molecule has 0 bridgehead atoms. The number of phenols is 1. The van der Waals surface area contributed by atoms with Crippen LogP contribution in [0.2, 0.25) is 0 Å². The number of phenolic OH excluding ortho intramolecular Hbond substituents is 1. The fourth-order valence-electron chi connectivity index (χ4n) is 0.800. The summed E-state index contributed by atoms with van der Waals surface area (Å²) in [5, 5.41) is 8.82. The number of nitrogens with one attached hydrogen (secondary N) is 1. The molecule has 0 fully saturated rings.